The van der Waals surface area contributed by atoms with E-state index < -0.39 is 96.4 Å². The molecule has 1 aromatic rings. The summed E-state index contributed by atoms with van der Waals surface area (Å²) < 4.78 is 246. The molecule has 0 aliphatic carbocycles. The number of hydrogen-bond donors (Lipinski definition) is 0. The Bertz CT molecular complexity index is 874. The Morgan fingerprint density at radius 2 is 0.763 bits per heavy atom. The Balaban J connectivity index is 4.30. The normalized spacial score (nSPS) is 15.1. The van der Waals surface area contributed by atoms with Gasteiger partial charge in [-0.1, -0.05) is 12.7 Å². The predicted molar refractivity (Wildman–Crippen MR) is 88.1 cm³/mol. The Morgan fingerprint density at radius 3 is 0.947 bits per heavy atom. The monoisotopic (exact) mass is 600 g/mol. The molecule has 0 bridgehead atoms. The van der Waals surface area contributed by atoms with Crippen molar-refractivity contribution in [2.45, 2.75) is 48.3 Å². The van der Waals surface area contributed by atoms with Crippen LogP contribution in [0.5, 0.6) is 0 Å². The first kappa shape index (κ1) is 33.6. The van der Waals surface area contributed by atoms with Gasteiger partial charge in [0.05, 0.1) is 0 Å². The molecule has 1 rings (SSSR count). The van der Waals surface area contributed by atoms with Gasteiger partial charge in [0.25, 0.3) is 11.2 Å². The van der Waals surface area contributed by atoms with E-state index in [2.05, 4.69) is 16.1 Å². The van der Waals surface area contributed by atoms with Gasteiger partial charge in [-0.25, -0.2) is 0 Å². The van der Waals surface area contributed by atoms with E-state index in [1.54, 1.807) is 0 Å². The summed E-state index contributed by atoms with van der Waals surface area (Å²) in [4.78, 5) is 0. The van der Waals surface area contributed by atoms with Gasteiger partial charge in [0.15, 0.2) is 0 Å². The minimum Gasteiger partial charge on any atom is -0.344 e. The summed E-state index contributed by atoms with van der Waals surface area (Å²) in [5.74, 6) is 0. The molecule has 38 heavy (non-hydrogen) atoms. The molecule has 0 saturated heterocycles. The van der Waals surface area contributed by atoms with Gasteiger partial charge in [0.1, 0.15) is 13.2 Å². The van der Waals surface area contributed by atoms with Crippen LogP contribution in [0, 0.1) is 0 Å². The van der Waals surface area contributed by atoms with Crippen LogP contribution in [0.25, 0.3) is 6.08 Å². The van der Waals surface area contributed by atoms with Gasteiger partial charge in [-0.15, -0.1) is 0 Å². The molecule has 0 heterocycles. The van der Waals surface area contributed by atoms with Gasteiger partial charge in [-0.2, -0.15) is 79.0 Å². The highest BCUT2D eigenvalue weighted by Gasteiger charge is 2.76. The van der Waals surface area contributed by atoms with Crippen molar-refractivity contribution in [3.63, 3.8) is 0 Å². The molecule has 0 fully saturated rings. The van der Waals surface area contributed by atoms with Crippen LogP contribution in [0.1, 0.15) is 16.7 Å². The SMILES string of the molecule is C=Cc1cc(C(OCC(F)(F)F)(C(F)(F)F)C(F)(F)F)cc(C(OCC(F)(F)F)(C(F)(F)F)C(F)(F)F)c1. The second kappa shape index (κ2) is 9.98. The molecule has 0 amide bonds. The average Bonchev–Trinajstić information content (AvgIpc) is 2.62. The molecule has 0 aromatic heterocycles. The van der Waals surface area contributed by atoms with Crippen molar-refractivity contribution in [1.29, 1.82) is 0 Å². The zero-order valence-corrected chi connectivity index (χ0v) is 17.6. The molecule has 0 atom stereocenters. The van der Waals surface area contributed by atoms with E-state index in [0.29, 0.717) is 0 Å². The number of benzene rings is 1. The van der Waals surface area contributed by atoms with Crippen LogP contribution in [0.15, 0.2) is 24.8 Å². The molecule has 0 N–H and O–H groups in total. The van der Waals surface area contributed by atoms with E-state index >= 15 is 0 Å². The standard InChI is InChI=1S/C18H10F18O2/c1-2-8-3-9(13(15(25,26)27,16(28,29)30)37-6-11(19,20)21)5-10(4-8)14(17(31,32)33,18(34,35)36)38-7-12(22,23)24/h2-5H,1,6-7H2. The zero-order chi connectivity index (χ0) is 30.4. The maximum absolute atomic E-state index is 13.7. The van der Waals surface area contributed by atoms with Gasteiger partial charge < -0.3 is 9.47 Å². The fourth-order valence-corrected chi connectivity index (χ4v) is 3.03. The topological polar surface area (TPSA) is 18.5 Å². The van der Waals surface area contributed by atoms with E-state index in [4.69, 9.17) is 0 Å². The molecule has 0 saturated carbocycles. The molecule has 0 aliphatic heterocycles. The van der Waals surface area contributed by atoms with Crippen molar-refractivity contribution in [1.82, 2.24) is 0 Å². The Labute approximate surface area is 198 Å². The minimum absolute atomic E-state index is 0.0650. The first-order valence-electron chi connectivity index (χ1n) is 9.02. The number of hydrogen-bond acceptors (Lipinski definition) is 2. The number of halogens is 18. The fourth-order valence-electron chi connectivity index (χ4n) is 3.03. The van der Waals surface area contributed by atoms with Crippen LogP contribution in [0.2, 0.25) is 0 Å². The Morgan fingerprint density at radius 1 is 0.500 bits per heavy atom. The quantitative estimate of drug-likeness (QED) is 0.295. The molecule has 20 heteroatoms. The summed E-state index contributed by atoms with van der Waals surface area (Å²) in [5.41, 5.74) is -19.6. The Kier molecular flexibility index (Phi) is 8.84. The van der Waals surface area contributed by atoms with Gasteiger partial charge >= 0.3 is 37.1 Å². The highest BCUT2D eigenvalue weighted by molar-refractivity contribution is 5.53. The first-order valence-corrected chi connectivity index (χ1v) is 9.02. The smallest absolute Gasteiger partial charge is 0.344 e. The highest BCUT2D eigenvalue weighted by atomic mass is 19.4. The summed E-state index contributed by atoms with van der Waals surface area (Å²) in [7, 11) is 0. The van der Waals surface area contributed by atoms with Crippen molar-refractivity contribution < 1.29 is 88.5 Å². The molecule has 0 unspecified atom stereocenters. The average molecular weight is 600 g/mol. The summed E-state index contributed by atoms with van der Waals surface area (Å²) >= 11 is 0. The minimum atomic E-state index is -7.04. The van der Waals surface area contributed by atoms with Crippen LogP contribution < -0.4 is 0 Å². The van der Waals surface area contributed by atoms with Crippen molar-refractivity contribution in [3.8, 4) is 0 Å². The van der Waals surface area contributed by atoms with Gasteiger partial charge in [-0.05, 0) is 23.8 Å². The molecule has 0 spiro atoms. The maximum atomic E-state index is 13.7. The van der Waals surface area contributed by atoms with Crippen molar-refractivity contribution in [3.05, 3.63) is 41.5 Å². The van der Waals surface area contributed by atoms with Crippen molar-refractivity contribution in [2.75, 3.05) is 13.2 Å². The highest BCUT2D eigenvalue weighted by Crippen LogP contribution is 2.57. The van der Waals surface area contributed by atoms with Gasteiger partial charge in [0.2, 0.25) is 0 Å². The second-order valence-corrected chi connectivity index (χ2v) is 7.21. The molecule has 220 valence electrons. The molecule has 0 radical (unpaired) electrons. The molecular weight excluding hydrogens is 590 g/mol. The third-order valence-electron chi connectivity index (χ3n) is 4.51. The summed E-state index contributed by atoms with van der Waals surface area (Å²) in [6.45, 7) is -4.00. The third-order valence-corrected chi connectivity index (χ3v) is 4.51. The van der Waals surface area contributed by atoms with E-state index in [1.807, 2.05) is 0 Å². The van der Waals surface area contributed by atoms with E-state index in [9.17, 15) is 79.0 Å². The number of alkyl halides is 18. The van der Waals surface area contributed by atoms with Crippen molar-refractivity contribution >= 4 is 6.08 Å². The molecule has 2 nitrogen and oxygen atoms in total. The van der Waals surface area contributed by atoms with Crippen LogP contribution in [0.3, 0.4) is 0 Å². The molecular formula is C18H10F18O2. The second-order valence-electron chi connectivity index (χ2n) is 7.21. The lowest BCUT2D eigenvalue weighted by atomic mass is 9.83. The molecule has 0 aliphatic rings. The van der Waals surface area contributed by atoms with E-state index in [0.717, 1.165) is 0 Å². The number of rotatable bonds is 7. The van der Waals surface area contributed by atoms with Crippen LogP contribution in [0.4, 0.5) is 79.0 Å². The lowest BCUT2D eigenvalue weighted by molar-refractivity contribution is -0.402. The summed E-state index contributed by atoms with van der Waals surface area (Å²) in [6.07, 6.45) is -40.0. The van der Waals surface area contributed by atoms with Crippen LogP contribution in [-0.2, 0) is 20.7 Å². The fraction of sp³-hybridized carbons (Fsp3) is 0.556. The van der Waals surface area contributed by atoms with Gasteiger partial charge in [-0.3, -0.25) is 0 Å². The Hall–Kier alpha value is -2.38. The zero-order valence-electron chi connectivity index (χ0n) is 17.6. The lowest BCUT2D eigenvalue weighted by Crippen LogP contribution is -2.58. The predicted octanol–water partition coefficient (Wildman–Crippen LogP) is 8.13. The largest absolute Gasteiger partial charge is 0.430 e. The van der Waals surface area contributed by atoms with Gasteiger partial charge in [0, 0.05) is 11.1 Å². The first-order chi connectivity index (χ1) is 16.6. The van der Waals surface area contributed by atoms with E-state index in [-0.39, 0.29) is 6.08 Å². The lowest BCUT2D eigenvalue weighted by Gasteiger charge is -2.40. The molecule has 1 aromatic carbocycles. The van der Waals surface area contributed by atoms with E-state index in [1.165, 1.54) is 0 Å². The van der Waals surface area contributed by atoms with Crippen molar-refractivity contribution in [2.24, 2.45) is 0 Å². The van der Waals surface area contributed by atoms with Crippen LogP contribution >= 0.6 is 0 Å². The summed E-state index contributed by atoms with van der Waals surface area (Å²) in [6, 6.07) is -2.13. The number of ether oxygens (including phenoxy) is 2. The maximum Gasteiger partial charge on any atom is 0.430 e. The third kappa shape index (κ3) is 6.60. The summed E-state index contributed by atoms with van der Waals surface area (Å²) in [5, 5.41) is 0. The van der Waals surface area contributed by atoms with Crippen LogP contribution in [-0.4, -0.2) is 50.3 Å².